The molecule has 5 nitrogen and oxygen atoms in total. The number of phenols is 1. The predicted molar refractivity (Wildman–Crippen MR) is 117 cm³/mol. The largest absolute Gasteiger partial charge is 0.507 e. The van der Waals surface area contributed by atoms with Gasteiger partial charge in [0.1, 0.15) is 22.6 Å². The fourth-order valence-corrected chi connectivity index (χ4v) is 3.26. The molecule has 0 aliphatic heterocycles. The van der Waals surface area contributed by atoms with E-state index in [4.69, 9.17) is 4.74 Å². The number of carbonyl (C=O) groups is 2. The molecular formula is C26H18O5. The van der Waals surface area contributed by atoms with Crippen molar-refractivity contribution < 1.29 is 24.5 Å². The maximum absolute atomic E-state index is 12.8. The van der Waals surface area contributed by atoms with E-state index in [1.54, 1.807) is 12.1 Å². The highest BCUT2D eigenvalue weighted by Crippen LogP contribution is 2.30. The van der Waals surface area contributed by atoms with E-state index in [1.807, 2.05) is 60.7 Å². The molecule has 0 aromatic heterocycles. The molecule has 2 N–H and O–H groups in total. The minimum Gasteiger partial charge on any atom is -0.507 e. The molecule has 0 saturated heterocycles. The SMILES string of the molecule is O=C(Oc1ccc(-c2ccccc2)cc1C(=O)O)c1cc(-c2ccccc2)ccc1O. The Balaban J connectivity index is 1.66. The third kappa shape index (κ3) is 4.31. The van der Waals surface area contributed by atoms with Crippen LogP contribution in [0.25, 0.3) is 22.3 Å². The lowest BCUT2D eigenvalue weighted by Crippen LogP contribution is -2.12. The molecular weight excluding hydrogens is 392 g/mol. The summed E-state index contributed by atoms with van der Waals surface area (Å²) in [6, 6.07) is 27.9. The normalized spacial score (nSPS) is 10.5. The Hall–Kier alpha value is -4.38. The third-order valence-corrected chi connectivity index (χ3v) is 4.84. The Kier molecular flexibility index (Phi) is 5.49. The lowest BCUT2D eigenvalue weighted by Gasteiger charge is -2.11. The summed E-state index contributed by atoms with van der Waals surface area (Å²) in [5.41, 5.74) is 2.93. The topological polar surface area (TPSA) is 83.8 Å². The number of carbonyl (C=O) groups excluding carboxylic acids is 1. The number of carboxylic acid groups (broad SMARTS) is 1. The average molecular weight is 410 g/mol. The highest BCUT2D eigenvalue weighted by atomic mass is 16.5. The van der Waals surface area contributed by atoms with Crippen LogP contribution in [0.3, 0.4) is 0 Å². The van der Waals surface area contributed by atoms with Gasteiger partial charge in [-0.15, -0.1) is 0 Å². The zero-order valence-electron chi connectivity index (χ0n) is 16.4. The molecule has 4 aromatic rings. The number of carboxylic acids is 1. The van der Waals surface area contributed by atoms with Crippen molar-refractivity contribution in [3.05, 3.63) is 108 Å². The van der Waals surface area contributed by atoms with Crippen LogP contribution < -0.4 is 4.74 Å². The molecule has 4 rings (SSSR count). The molecule has 0 saturated carbocycles. The van der Waals surface area contributed by atoms with Gasteiger partial charge in [-0.05, 0) is 46.5 Å². The minimum atomic E-state index is -1.22. The van der Waals surface area contributed by atoms with Crippen molar-refractivity contribution in [1.29, 1.82) is 0 Å². The average Bonchev–Trinajstić information content (AvgIpc) is 2.80. The van der Waals surface area contributed by atoms with Gasteiger partial charge in [0.25, 0.3) is 0 Å². The van der Waals surface area contributed by atoms with E-state index in [-0.39, 0.29) is 22.6 Å². The number of hydrogen-bond acceptors (Lipinski definition) is 4. The standard InChI is InChI=1S/C26H18O5/c27-23-13-11-19(17-7-3-1-4-8-17)15-21(23)26(30)31-24-14-12-20(16-22(24)25(28)29)18-9-5-2-6-10-18/h1-16,27H,(H,28,29). The number of aromatic carboxylic acids is 1. The molecule has 0 unspecified atom stereocenters. The molecule has 0 bridgehead atoms. The summed E-state index contributed by atoms with van der Waals surface area (Å²) in [6.07, 6.45) is 0. The van der Waals surface area contributed by atoms with Gasteiger partial charge < -0.3 is 14.9 Å². The van der Waals surface area contributed by atoms with Crippen LogP contribution in [0, 0.1) is 0 Å². The van der Waals surface area contributed by atoms with Gasteiger partial charge in [-0.3, -0.25) is 0 Å². The van der Waals surface area contributed by atoms with Gasteiger partial charge in [0.15, 0.2) is 0 Å². The Morgan fingerprint density at radius 2 is 1.13 bits per heavy atom. The number of rotatable bonds is 5. The highest BCUT2D eigenvalue weighted by molar-refractivity contribution is 5.98. The van der Waals surface area contributed by atoms with Crippen LogP contribution in [-0.2, 0) is 0 Å². The molecule has 0 aliphatic carbocycles. The molecule has 5 heteroatoms. The van der Waals surface area contributed by atoms with Crippen molar-refractivity contribution in [3.63, 3.8) is 0 Å². The van der Waals surface area contributed by atoms with E-state index in [9.17, 15) is 19.8 Å². The number of aromatic hydroxyl groups is 1. The van der Waals surface area contributed by atoms with Gasteiger partial charge in [0.05, 0.1) is 0 Å². The number of ether oxygens (including phenoxy) is 1. The number of benzene rings is 4. The third-order valence-electron chi connectivity index (χ3n) is 4.84. The first-order chi connectivity index (χ1) is 15.0. The van der Waals surface area contributed by atoms with Crippen LogP contribution >= 0.6 is 0 Å². The Labute approximate surface area is 178 Å². The van der Waals surface area contributed by atoms with E-state index in [0.29, 0.717) is 5.56 Å². The van der Waals surface area contributed by atoms with Crippen molar-refractivity contribution in [2.24, 2.45) is 0 Å². The van der Waals surface area contributed by atoms with Crippen LogP contribution in [0.15, 0.2) is 97.1 Å². The van der Waals surface area contributed by atoms with Crippen molar-refractivity contribution in [1.82, 2.24) is 0 Å². The van der Waals surface area contributed by atoms with Gasteiger partial charge in [-0.2, -0.15) is 0 Å². The Morgan fingerprint density at radius 1 is 0.613 bits per heavy atom. The zero-order valence-corrected chi connectivity index (χ0v) is 16.4. The summed E-state index contributed by atoms with van der Waals surface area (Å²) in [5.74, 6) is -2.41. The highest BCUT2D eigenvalue weighted by Gasteiger charge is 2.20. The zero-order chi connectivity index (χ0) is 21.8. The molecule has 0 atom stereocenters. The number of hydrogen-bond donors (Lipinski definition) is 2. The molecule has 152 valence electrons. The van der Waals surface area contributed by atoms with Gasteiger partial charge >= 0.3 is 11.9 Å². The predicted octanol–water partition coefficient (Wildman–Crippen LogP) is 5.64. The van der Waals surface area contributed by atoms with Crippen LogP contribution in [0.2, 0.25) is 0 Å². The van der Waals surface area contributed by atoms with Crippen LogP contribution in [0.5, 0.6) is 11.5 Å². The maximum atomic E-state index is 12.8. The van der Waals surface area contributed by atoms with Gasteiger partial charge in [0, 0.05) is 0 Å². The van der Waals surface area contributed by atoms with Gasteiger partial charge in [-0.25, -0.2) is 9.59 Å². The smallest absolute Gasteiger partial charge is 0.347 e. The Morgan fingerprint density at radius 3 is 1.68 bits per heavy atom. The van der Waals surface area contributed by atoms with Crippen LogP contribution in [0.1, 0.15) is 20.7 Å². The van der Waals surface area contributed by atoms with E-state index in [0.717, 1.165) is 16.7 Å². The quantitative estimate of drug-likeness (QED) is 0.328. The second kappa shape index (κ2) is 8.55. The van der Waals surface area contributed by atoms with E-state index < -0.39 is 11.9 Å². The van der Waals surface area contributed by atoms with E-state index in [2.05, 4.69) is 0 Å². The van der Waals surface area contributed by atoms with Crippen molar-refractivity contribution in [3.8, 4) is 33.8 Å². The first-order valence-electron chi connectivity index (χ1n) is 9.56. The fraction of sp³-hybridized carbons (Fsp3) is 0. The summed E-state index contributed by atoms with van der Waals surface area (Å²) in [7, 11) is 0. The van der Waals surface area contributed by atoms with Crippen molar-refractivity contribution in [2.75, 3.05) is 0 Å². The maximum Gasteiger partial charge on any atom is 0.347 e. The van der Waals surface area contributed by atoms with E-state index >= 15 is 0 Å². The van der Waals surface area contributed by atoms with Crippen molar-refractivity contribution >= 4 is 11.9 Å². The van der Waals surface area contributed by atoms with Crippen LogP contribution in [0.4, 0.5) is 0 Å². The second-order valence-corrected chi connectivity index (χ2v) is 6.87. The van der Waals surface area contributed by atoms with E-state index in [1.165, 1.54) is 24.3 Å². The summed E-state index contributed by atoms with van der Waals surface area (Å²) in [5, 5.41) is 19.8. The summed E-state index contributed by atoms with van der Waals surface area (Å²) in [6.45, 7) is 0. The molecule has 0 heterocycles. The summed E-state index contributed by atoms with van der Waals surface area (Å²) < 4.78 is 5.38. The second-order valence-electron chi connectivity index (χ2n) is 6.87. The monoisotopic (exact) mass is 410 g/mol. The minimum absolute atomic E-state index is 0.0511. The van der Waals surface area contributed by atoms with Gasteiger partial charge in [0.2, 0.25) is 0 Å². The molecule has 31 heavy (non-hydrogen) atoms. The Bertz CT molecular complexity index is 1250. The molecule has 0 amide bonds. The molecule has 0 aliphatic rings. The van der Waals surface area contributed by atoms with Crippen LogP contribution in [-0.4, -0.2) is 22.2 Å². The molecule has 0 fully saturated rings. The first kappa shape index (κ1) is 19.9. The molecule has 0 radical (unpaired) electrons. The summed E-state index contributed by atoms with van der Waals surface area (Å²) in [4.78, 5) is 24.6. The number of esters is 1. The number of phenolic OH excluding ortho intramolecular Hbond substituents is 1. The lowest BCUT2D eigenvalue weighted by atomic mass is 10.0. The summed E-state index contributed by atoms with van der Waals surface area (Å²) >= 11 is 0. The first-order valence-corrected chi connectivity index (χ1v) is 9.56. The van der Waals surface area contributed by atoms with Crippen molar-refractivity contribution in [2.45, 2.75) is 0 Å². The fourth-order valence-electron chi connectivity index (χ4n) is 3.26. The molecule has 4 aromatic carbocycles. The lowest BCUT2D eigenvalue weighted by molar-refractivity contribution is 0.0681. The molecule has 0 spiro atoms. The van der Waals surface area contributed by atoms with Gasteiger partial charge in [-0.1, -0.05) is 72.8 Å².